The Morgan fingerprint density at radius 3 is 2.22 bits per heavy atom. The molecule has 1 aliphatic heterocycles. The Bertz CT molecular complexity index is 250. The molecule has 1 aliphatic rings. The van der Waals surface area contributed by atoms with Crippen molar-refractivity contribution in [1.29, 1.82) is 0 Å². The lowest BCUT2D eigenvalue weighted by Gasteiger charge is -2.23. The van der Waals surface area contributed by atoms with Gasteiger partial charge in [0.05, 0.1) is 23.8 Å². The summed E-state index contributed by atoms with van der Waals surface area (Å²) in [6.07, 6.45) is 1.24. The van der Waals surface area contributed by atoms with Crippen LogP contribution in [-0.2, 0) is 18.0 Å². The van der Waals surface area contributed by atoms with E-state index < -0.39 is 8.80 Å². The monoisotopic (exact) mass is 313 g/mol. The predicted octanol–water partition coefficient (Wildman–Crippen LogP) is 1.98. The molecular weight excluding hydrogens is 294 g/mol. The van der Waals surface area contributed by atoms with Gasteiger partial charge in [-0.05, 0) is 18.6 Å². The fourth-order valence-electron chi connectivity index (χ4n) is 1.13. The lowest BCUT2D eigenvalue weighted by molar-refractivity contribution is 0.123. The van der Waals surface area contributed by atoms with Gasteiger partial charge in [-0.25, -0.2) is 4.99 Å². The van der Waals surface area contributed by atoms with Crippen LogP contribution in [0.25, 0.3) is 0 Å². The maximum absolute atomic E-state index is 5.27. The van der Waals surface area contributed by atoms with Crippen molar-refractivity contribution in [2.24, 2.45) is 4.99 Å². The highest BCUT2D eigenvalue weighted by Gasteiger charge is 2.36. The van der Waals surface area contributed by atoms with E-state index in [2.05, 4.69) is 22.4 Å². The number of nitrogens with zero attached hydrogens (tertiary/aromatic N) is 1. The number of alkyl halides is 1. The number of epoxide rings is 1. The van der Waals surface area contributed by atoms with Crippen molar-refractivity contribution in [3.05, 3.63) is 0 Å². The third kappa shape index (κ3) is 8.28. The molecule has 1 saturated heterocycles. The van der Waals surface area contributed by atoms with Crippen LogP contribution in [0.2, 0.25) is 6.04 Å². The highest BCUT2D eigenvalue weighted by Crippen LogP contribution is 2.14. The molecule has 5 nitrogen and oxygen atoms in total. The van der Waals surface area contributed by atoms with Crippen LogP contribution in [0.3, 0.4) is 0 Å². The average Bonchev–Trinajstić information content (AvgIpc) is 3.25. The fourth-order valence-corrected chi connectivity index (χ4v) is 3.11. The number of rotatable bonds is 8. The van der Waals surface area contributed by atoms with E-state index in [1.807, 2.05) is 0 Å². The molecule has 0 aromatic rings. The topological polar surface area (TPSA) is 52.6 Å². The lowest BCUT2D eigenvalue weighted by atomic mass is 10.5. The van der Waals surface area contributed by atoms with Crippen LogP contribution in [0, 0.1) is 0 Å². The lowest BCUT2D eigenvalue weighted by Crippen LogP contribution is -2.42. The van der Waals surface area contributed by atoms with Gasteiger partial charge in [0.25, 0.3) is 0 Å². The minimum atomic E-state index is -2.39. The first-order valence-electron chi connectivity index (χ1n) is 5.54. The summed E-state index contributed by atoms with van der Waals surface area (Å²) in [5, 5.41) is 2.31. The molecule has 106 valence electrons. The van der Waals surface area contributed by atoms with Crippen molar-refractivity contribution < 1.29 is 18.0 Å². The first kappa shape index (κ1) is 18.1. The van der Waals surface area contributed by atoms with E-state index in [0.29, 0.717) is 18.5 Å². The Morgan fingerprint density at radius 1 is 1.39 bits per heavy atom. The minimum absolute atomic E-state index is 0.400. The number of isothiocyanates is 1. The first-order chi connectivity index (χ1) is 8.67. The van der Waals surface area contributed by atoms with Gasteiger partial charge in [-0.3, -0.25) is 0 Å². The number of hydrogen-bond acceptors (Lipinski definition) is 6. The Hall–Kier alpha value is 0.147. The number of aliphatic imine (C=N–C) groups is 1. The maximum atomic E-state index is 5.27. The Labute approximate surface area is 120 Å². The van der Waals surface area contributed by atoms with Crippen LogP contribution in [0.4, 0.5) is 0 Å². The normalized spacial score (nSPS) is 17.4. The molecule has 18 heavy (non-hydrogen) atoms. The van der Waals surface area contributed by atoms with Crippen molar-refractivity contribution in [3.8, 4) is 0 Å². The van der Waals surface area contributed by atoms with Crippen LogP contribution in [0.15, 0.2) is 4.99 Å². The zero-order chi connectivity index (χ0) is 13.9. The number of thiocarbonyl (C=S) groups is 1. The molecule has 0 radical (unpaired) electrons. The highest BCUT2D eigenvalue weighted by atomic mass is 35.5. The molecule has 0 aliphatic carbocycles. The van der Waals surface area contributed by atoms with E-state index in [0.717, 1.165) is 19.1 Å². The Morgan fingerprint density at radius 2 is 1.94 bits per heavy atom. The molecule has 1 fully saturated rings. The summed E-state index contributed by atoms with van der Waals surface area (Å²) < 4.78 is 20.4. The van der Waals surface area contributed by atoms with E-state index >= 15 is 0 Å². The third-order valence-corrected chi connectivity index (χ3v) is 5.63. The van der Waals surface area contributed by atoms with Crippen molar-refractivity contribution in [1.82, 2.24) is 0 Å². The van der Waals surface area contributed by atoms with Gasteiger partial charge < -0.3 is 18.0 Å². The van der Waals surface area contributed by atoms with Crippen LogP contribution < -0.4 is 0 Å². The Balaban J connectivity index is 0.000000473. The van der Waals surface area contributed by atoms with Gasteiger partial charge in [0.15, 0.2) is 0 Å². The largest absolute Gasteiger partial charge is 0.500 e. The quantitative estimate of drug-likeness (QED) is 0.171. The first-order valence-corrected chi connectivity index (χ1v) is 8.42. The molecule has 0 aromatic heterocycles. The van der Waals surface area contributed by atoms with Gasteiger partial charge in [0.1, 0.15) is 0 Å². The van der Waals surface area contributed by atoms with Gasteiger partial charge >= 0.3 is 8.80 Å². The third-order valence-electron chi connectivity index (χ3n) is 2.32. The fraction of sp³-hybridized carbons (Fsp3) is 0.900. The predicted molar refractivity (Wildman–Crippen MR) is 76.6 cm³/mol. The molecule has 0 N–H and O–H groups in total. The summed E-state index contributed by atoms with van der Waals surface area (Å²) in [5.41, 5.74) is 0. The number of halogens is 1. The molecule has 1 unspecified atom stereocenters. The van der Waals surface area contributed by atoms with Gasteiger partial charge in [-0.15, -0.1) is 11.6 Å². The maximum Gasteiger partial charge on any atom is 0.500 e. The zero-order valence-corrected chi connectivity index (χ0v) is 13.6. The molecule has 1 rings (SSSR count). The second kappa shape index (κ2) is 11.0. The van der Waals surface area contributed by atoms with E-state index in [1.54, 1.807) is 21.3 Å². The van der Waals surface area contributed by atoms with Gasteiger partial charge in [0.2, 0.25) is 0 Å². The SMILES string of the molecule is CO[Si](CCCN=C=S)(OC)OC.ClCC1CO1. The highest BCUT2D eigenvalue weighted by molar-refractivity contribution is 7.78. The van der Waals surface area contributed by atoms with Crippen molar-refractivity contribution in [2.45, 2.75) is 18.6 Å². The summed E-state index contributed by atoms with van der Waals surface area (Å²) in [6.45, 7) is 1.53. The van der Waals surface area contributed by atoms with Crippen molar-refractivity contribution in [2.75, 3.05) is 40.4 Å². The van der Waals surface area contributed by atoms with E-state index in [4.69, 9.17) is 29.6 Å². The zero-order valence-electron chi connectivity index (χ0n) is 11.0. The van der Waals surface area contributed by atoms with Crippen LogP contribution in [0.1, 0.15) is 6.42 Å². The summed E-state index contributed by atoms with van der Waals surface area (Å²) >= 11 is 9.72. The van der Waals surface area contributed by atoms with Crippen LogP contribution in [0.5, 0.6) is 0 Å². The van der Waals surface area contributed by atoms with Gasteiger partial charge in [-0.1, -0.05) is 0 Å². The second-order valence-electron chi connectivity index (χ2n) is 3.48. The summed E-state index contributed by atoms with van der Waals surface area (Å²) in [6, 6.07) is 0.747. The molecule has 0 saturated carbocycles. The molecule has 8 heteroatoms. The molecule has 0 aromatic carbocycles. The second-order valence-corrected chi connectivity index (χ2v) is 7.06. The van der Waals surface area contributed by atoms with Crippen molar-refractivity contribution in [3.63, 3.8) is 0 Å². The number of hydrogen-bond donors (Lipinski definition) is 0. The average molecular weight is 314 g/mol. The molecule has 1 heterocycles. The molecule has 1 atom stereocenters. The smallest absolute Gasteiger partial charge is 0.377 e. The van der Waals surface area contributed by atoms with E-state index in [9.17, 15) is 0 Å². The standard InChI is InChI=1S/C7H15NO3SSi.C3H5ClO/c1-9-13(10-2,11-3)6-4-5-8-7-12;4-1-3-2-5-3/h4-6H2,1-3H3;3H,1-2H2. The van der Waals surface area contributed by atoms with E-state index in [1.165, 1.54) is 0 Å². The van der Waals surface area contributed by atoms with Crippen LogP contribution in [-0.4, -0.2) is 60.4 Å². The minimum Gasteiger partial charge on any atom is -0.377 e. The summed E-state index contributed by atoms with van der Waals surface area (Å²) in [7, 11) is 2.41. The van der Waals surface area contributed by atoms with Gasteiger partial charge in [-0.2, -0.15) is 0 Å². The van der Waals surface area contributed by atoms with Crippen molar-refractivity contribution >= 4 is 37.8 Å². The number of ether oxygens (including phenoxy) is 1. The molecule has 0 bridgehead atoms. The Kier molecular flexibility index (Phi) is 11.1. The van der Waals surface area contributed by atoms with Crippen LogP contribution >= 0.6 is 23.8 Å². The molecule has 0 amide bonds. The molecule has 0 spiro atoms. The molecular formula is C10H20ClNO4SSi. The van der Waals surface area contributed by atoms with E-state index in [-0.39, 0.29) is 0 Å². The summed E-state index contributed by atoms with van der Waals surface area (Å²) in [4.78, 5) is 3.80. The summed E-state index contributed by atoms with van der Waals surface area (Å²) in [5.74, 6) is 0.667. The van der Waals surface area contributed by atoms with Gasteiger partial charge in [0, 0.05) is 33.9 Å².